The molecule has 1 rings (SSSR count). The number of rotatable bonds is 4. The van der Waals surface area contributed by atoms with E-state index in [1.807, 2.05) is 0 Å². The van der Waals surface area contributed by atoms with Gasteiger partial charge in [-0.3, -0.25) is 4.90 Å². The number of nitrogens with two attached hydrogens (primary N) is 1. The zero-order chi connectivity index (χ0) is 9.84. The Balaban J connectivity index is 2.44. The molecular formula is C11H22N2. The van der Waals surface area contributed by atoms with Crippen LogP contribution in [0.4, 0.5) is 0 Å². The van der Waals surface area contributed by atoms with E-state index in [9.17, 15) is 0 Å². The number of hydrogen-bond acceptors (Lipinski definition) is 2. The molecule has 0 spiro atoms. The summed E-state index contributed by atoms with van der Waals surface area (Å²) in [4.78, 5) is 2.41. The maximum atomic E-state index is 5.74. The first-order chi connectivity index (χ1) is 6.15. The number of nitrogens with zero attached hydrogens (tertiary/aromatic N) is 1. The van der Waals surface area contributed by atoms with E-state index in [-0.39, 0.29) is 0 Å². The lowest BCUT2D eigenvalue weighted by Gasteiger charge is -2.29. The second-order valence-electron chi connectivity index (χ2n) is 4.37. The molecule has 2 N–H and O–H groups in total. The molecule has 0 aliphatic heterocycles. The van der Waals surface area contributed by atoms with Gasteiger partial charge in [0.25, 0.3) is 0 Å². The minimum absolute atomic E-state index is 0.696. The molecule has 13 heavy (non-hydrogen) atoms. The van der Waals surface area contributed by atoms with Crippen molar-refractivity contribution in [3.05, 3.63) is 12.2 Å². The predicted molar refractivity (Wildman–Crippen MR) is 57.6 cm³/mol. The highest BCUT2D eigenvalue weighted by Crippen LogP contribution is 2.28. The molecule has 1 fully saturated rings. The lowest BCUT2D eigenvalue weighted by atomic mass is 10.0. The lowest BCUT2D eigenvalue weighted by Crippen LogP contribution is -2.38. The van der Waals surface area contributed by atoms with Gasteiger partial charge in [0.15, 0.2) is 0 Å². The second-order valence-corrected chi connectivity index (χ2v) is 4.37. The van der Waals surface area contributed by atoms with Crippen LogP contribution in [0.1, 0.15) is 26.2 Å². The molecule has 0 aromatic carbocycles. The van der Waals surface area contributed by atoms with E-state index in [4.69, 9.17) is 5.73 Å². The molecule has 1 aliphatic carbocycles. The highest BCUT2D eigenvalue weighted by Gasteiger charge is 2.28. The third-order valence-electron chi connectivity index (χ3n) is 3.01. The first kappa shape index (κ1) is 10.7. The van der Waals surface area contributed by atoms with Gasteiger partial charge in [0.2, 0.25) is 0 Å². The maximum Gasteiger partial charge on any atom is 0.0187 e. The van der Waals surface area contributed by atoms with Crippen LogP contribution in [0.15, 0.2) is 12.2 Å². The molecule has 2 atom stereocenters. The molecule has 0 radical (unpaired) electrons. The van der Waals surface area contributed by atoms with Crippen molar-refractivity contribution in [2.24, 2.45) is 11.7 Å². The number of hydrogen-bond donors (Lipinski definition) is 1. The summed E-state index contributed by atoms with van der Waals surface area (Å²) in [6.07, 6.45) is 3.96. The largest absolute Gasteiger partial charge is 0.330 e. The van der Waals surface area contributed by atoms with Gasteiger partial charge in [0.1, 0.15) is 0 Å². The molecule has 1 saturated carbocycles. The first-order valence-electron chi connectivity index (χ1n) is 5.20. The SMILES string of the molecule is C=C(C)CN(C)C1CCCC1CN. The fraction of sp³-hybridized carbons (Fsp3) is 0.818. The van der Waals surface area contributed by atoms with Crippen molar-refractivity contribution in [1.29, 1.82) is 0 Å². The Bertz CT molecular complexity index is 177. The number of likely N-dealkylation sites (N-methyl/N-ethyl adjacent to an activating group) is 1. The van der Waals surface area contributed by atoms with Crippen LogP contribution < -0.4 is 5.73 Å². The van der Waals surface area contributed by atoms with Crippen LogP contribution in [0, 0.1) is 5.92 Å². The van der Waals surface area contributed by atoms with Gasteiger partial charge in [-0.05, 0) is 39.3 Å². The summed E-state index contributed by atoms with van der Waals surface area (Å²) in [7, 11) is 2.19. The van der Waals surface area contributed by atoms with Crippen LogP contribution >= 0.6 is 0 Å². The highest BCUT2D eigenvalue weighted by molar-refractivity contribution is 4.95. The molecule has 0 amide bonds. The zero-order valence-electron chi connectivity index (χ0n) is 8.92. The van der Waals surface area contributed by atoms with E-state index in [2.05, 4.69) is 25.5 Å². The summed E-state index contributed by atoms with van der Waals surface area (Å²) in [5, 5.41) is 0. The van der Waals surface area contributed by atoms with E-state index >= 15 is 0 Å². The molecule has 0 aromatic rings. The Kier molecular flexibility index (Phi) is 3.94. The average molecular weight is 182 g/mol. The summed E-state index contributed by atoms with van der Waals surface area (Å²) >= 11 is 0. The Labute approximate surface area is 81.8 Å². The Morgan fingerprint density at radius 1 is 1.54 bits per heavy atom. The van der Waals surface area contributed by atoms with Crippen molar-refractivity contribution in [2.45, 2.75) is 32.2 Å². The first-order valence-corrected chi connectivity index (χ1v) is 5.20. The second kappa shape index (κ2) is 4.77. The van der Waals surface area contributed by atoms with E-state index in [0.717, 1.165) is 13.1 Å². The van der Waals surface area contributed by atoms with Crippen LogP contribution in [0.3, 0.4) is 0 Å². The average Bonchev–Trinajstić information content (AvgIpc) is 2.49. The standard InChI is InChI=1S/C11H22N2/c1-9(2)8-13(3)11-6-4-5-10(11)7-12/h10-11H,1,4-8,12H2,2-3H3. The molecule has 76 valence electrons. The summed E-state index contributed by atoms with van der Waals surface area (Å²) in [6.45, 7) is 7.88. The van der Waals surface area contributed by atoms with Crippen molar-refractivity contribution in [2.75, 3.05) is 20.1 Å². The van der Waals surface area contributed by atoms with E-state index in [1.165, 1.54) is 24.8 Å². The maximum absolute atomic E-state index is 5.74. The molecule has 0 aromatic heterocycles. The van der Waals surface area contributed by atoms with Gasteiger partial charge in [-0.1, -0.05) is 18.6 Å². The molecule has 2 nitrogen and oxygen atoms in total. The third-order valence-corrected chi connectivity index (χ3v) is 3.01. The Hall–Kier alpha value is -0.340. The van der Waals surface area contributed by atoms with E-state index < -0.39 is 0 Å². The molecule has 1 aliphatic rings. The highest BCUT2D eigenvalue weighted by atomic mass is 15.1. The quantitative estimate of drug-likeness (QED) is 0.669. The van der Waals surface area contributed by atoms with Gasteiger partial charge in [0, 0.05) is 12.6 Å². The van der Waals surface area contributed by atoms with E-state index in [1.54, 1.807) is 0 Å². The van der Waals surface area contributed by atoms with E-state index in [0.29, 0.717) is 12.0 Å². The molecule has 0 heterocycles. The zero-order valence-corrected chi connectivity index (χ0v) is 8.92. The molecule has 0 saturated heterocycles. The van der Waals surface area contributed by atoms with Crippen LogP contribution in [-0.2, 0) is 0 Å². The predicted octanol–water partition coefficient (Wildman–Crippen LogP) is 1.62. The molecule has 2 heteroatoms. The van der Waals surface area contributed by atoms with Gasteiger partial charge in [0.05, 0.1) is 0 Å². The van der Waals surface area contributed by atoms with Crippen LogP contribution in [0.2, 0.25) is 0 Å². The monoisotopic (exact) mass is 182 g/mol. The van der Waals surface area contributed by atoms with Crippen molar-refractivity contribution in [1.82, 2.24) is 4.90 Å². The minimum Gasteiger partial charge on any atom is -0.330 e. The van der Waals surface area contributed by atoms with Crippen molar-refractivity contribution < 1.29 is 0 Å². The van der Waals surface area contributed by atoms with Gasteiger partial charge in [-0.25, -0.2) is 0 Å². The third kappa shape index (κ3) is 2.82. The Morgan fingerprint density at radius 2 is 2.23 bits per heavy atom. The lowest BCUT2D eigenvalue weighted by molar-refractivity contribution is 0.216. The summed E-state index contributed by atoms with van der Waals surface area (Å²) < 4.78 is 0. The minimum atomic E-state index is 0.696. The van der Waals surface area contributed by atoms with Crippen LogP contribution in [-0.4, -0.2) is 31.1 Å². The van der Waals surface area contributed by atoms with Crippen LogP contribution in [0.25, 0.3) is 0 Å². The fourth-order valence-corrected chi connectivity index (χ4v) is 2.42. The van der Waals surface area contributed by atoms with Gasteiger partial charge in [-0.2, -0.15) is 0 Å². The topological polar surface area (TPSA) is 29.3 Å². The Morgan fingerprint density at radius 3 is 2.77 bits per heavy atom. The molecular weight excluding hydrogens is 160 g/mol. The summed E-state index contributed by atoms with van der Waals surface area (Å²) in [6, 6.07) is 0.696. The van der Waals surface area contributed by atoms with Crippen LogP contribution in [0.5, 0.6) is 0 Å². The normalized spacial score (nSPS) is 28.3. The summed E-state index contributed by atoms with van der Waals surface area (Å²) in [5.74, 6) is 0.712. The fourth-order valence-electron chi connectivity index (χ4n) is 2.42. The van der Waals surface area contributed by atoms with Gasteiger partial charge < -0.3 is 5.73 Å². The van der Waals surface area contributed by atoms with Crippen molar-refractivity contribution in [3.63, 3.8) is 0 Å². The summed E-state index contributed by atoms with van der Waals surface area (Å²) in [5.41, 5.74) is 6.98. The molecule has 2 unspecified atom stereocenters. The van der Waals surface area contributed by atoms with Gasteiger partial charge >= 0.3 is 0 Å². The smallest absolute Gasteiger partial charge is 0.0187 e. The van der Waals surface area contributed by atoms with Gasteiger partial charge in [-0.15, -0.1) is 0 Å². The molecule has 0 bridgehead atoms. The van der Waals surface area contributed by atoms with Crippen molar-refractivity contribution in [3.8, 4) is 0 Å². The van der Waals surface area contributed by atoms with Crippen molar-refractivity contribution >= 4 is 0 Å².